The van der Waals surface area contributed by atoms with Crippen molar-refractivity contribution in [2.75, 3.05) is 11.9 Å². The monoisotopic (exact) mass is 470 g/mol. The molecule has 35 heavy (non-hydrogen) atoms. The summed E-state index contributed by atoms with van der Waals surface area (Å²) in [4.78, 5) is 25.3. The summed E-state index contributed by atoms with van der Waals surface area (Å²) in [7, 11) is 0. The van der Waals surface area contributed by atoms with E-state index < -0.39 is 0 Å². The summed E-state index contributed by atoms with van der Waals surface area (Å²) in [6.07, 6.45) is 0.875. The highest BCUT2D eigenvalue weighted by molar-refractivity contribution is 6.08. The van der Waals surface area contributed by atoms with Gasteiger partial charge in [0.05, 0.1) is 17.7 Å². The number of anilines is 1. The number of carbonyl (C=O) groups excluding carboxylic acids is 1. The van der Waals surface area contributed by atoms with E-state index in [4.69, 9.17) is 20.7 Å². The maximum Gasteiger partial charge on any atom is 0.255 e. The van der Waals surface area contributed by atoms with Crippen LogP contribution in [0.3, 0.4) is 0 Å². The second-order valence-electron chi connectivity index (χ2n) is 8.10. The molecule has 8 heteroatoms. The molecule has 4 aromatic rings. The molecule has 3 aromatic carbocycles. The van der Waals surface area contributed by atoms with E-state index in [-0.39, 0.29) is 28.5 Å². The van der Waals surface area contributed by atoms with Crippen molar-refractivity contribution in [1.82, 2.24) is 0 Å². The van der Waals surface area contributed by atoms with Gasteiger partial charge >= 0.3 is 0 Å². The summed E-state index contributed by atoms with van der Waals surface area (Å²) >= 11 is 0. The molecule has 8 nitrogen and oxygen atoms in total. The number of ether oxygens (including phenoxy) is 1. The zero-order valence-corrected chi connectivity index (χ0v) is 19.2. The summed E-state index contributed by atoms with van der Waals surface area (Å²) in [5.41, 5.74) is 7.57. The van der Waals surface area contributed by atoms with Crippen LogP contribution in [-0.4, -0.2) is 18.3 Å². The Hall–Kier alpha value is -4.59. The van der Waals surface area contributed by atoms with Gasteiger partial charge in [-0.05, 0) is 54.3 Å². The predicted octanol–water partition coefficient (Wildman–Crippen LogP) is 4.20. The summed E-state index contributed by atoms with van der Waals surface area (Å²) in [6.45, 7) is 2.73. The zero-order chi connectivity index (χ0) is 24.8. The van der Waals surface area contributed by atoms with Crippen molar-refractivity contribution < 1.29 is 13.9 Å². The molecule has 5 N–H and O–H groups in total. The summed E-state index contributed by atoms with van der Waals surface area (Å²) in [5.74, 6) is 5.79. The molecule has 0 bridgehead atoms. The molecule has 1 heterocycles. The third-order valence-electron chi connectivity index (χ3n) is 5.70. The number of carbonyl (C=O) groups is 1. The molecule has 0 saturated heterocycles. The number of nitrogens with two attached hydrogens (primary N) is 2. The molecule has 0 fully saturated rings. The Bertz CT molecular complexity index is 1410. The first-order chi connectivity index (χ1) is 17.0. The van der Waals surface area contributed by atoms with Crippen LogP contribution in [0.5, 0.6) is 5.75 Å². The van der Waals surface area contributed by atoms with E-state index in [9.17, 15) is 9.59 Å². The average Bonchev–Trinajstić information content (AvgIpc) is 2.89. The van der Waals surface area contributed by atoms with E-state index in [0.29, 0.717) is 34.9 Å². The molecule has 0 aliphatic heterocycles. The summed E-state index contributed by atoms with van der Waals surface area (Å²) in [5, 5.41) is 6.44. The predicted molar refractivity (Wildman–Crippen MR) is 137 cm³/mol. The lowest BCUT2D eigenvalue weighted by molar-refractivity contribution is 0.102. The second-order valence-corrected chi connectivity index (χ2v) is 8.10. The highest BCUT2D eigenvalue weighted by Crippen LogP contribution is 2.24. The van der Waals surface area contributed by atoms with Gasteiger partial charge < -0.3 is 26.0 Å². The molecule has 1 atom stereocenters. The van der Waals surface area contributed by atoms with Gasteiger partial charge in [-0.1, -0.05) is 43.3 Å². The van der Waals surface area contributed by atoms with E-state index in [1.165, 1.54) is 11.6 Å². The third-order valence-corrected chi connectivity index (χ3v) is 5.70. The van der Waals surface area contributed by atoms with E-state index in [1.54, 1.807) is 42.5 Å². The first-order valence-electron chi connectivity index (χ1n) is 11.2. The molecule has 0 radical (unpaired) electrons. The summed E-state index contributed by atoms with van der Waals surface area (Å²) < 4.78 is 11.6. The largest absolute Gasteiger partial charge is 0.494 e. The van der Waals surface area contributed by atoms with E-state index in [2.05, 4.69) is 29.5 Å². The van der Waals surface area contributed by atoms with Crippen LogP contribution in [0.15, 0.2) is 93.2 Å². The minimum absolute atomic E-state index is 0.0229. The number of hydrazone groups is 1. The third kappa shape index (κ3) is 5.50. The number of hydrogen-bond donors (Lipinski definition) is 3. The number of para-hydroxylation sites is 1. The number of amidine groups is 1. The number of nitrogens with one attached hydrogen (secondary N) is 1. The van der Waals surface area contributed by atoms with E-state index >= 15 is 0 Å². The Morgan fingerprint density at radius 1 is 1.06 bits per heavy atom. The van der Waals surface area contributed by atoms with Crippen LogP contribution < -0.4 is 27.1 Å². The highest BCUT2D eigenvalue weighted by atomic mass is 16.5. The Morgan fingerprint density at radius 2 is 1.80 bits per heavy atom. The number of rotatable bonds is 8. The smallest absolute Gasteiger partial charge is 0.255 e. The second kappa shape index (κ2) is 10.6. The lowest BCUT2D eigenvalue weighted by Gasteiger charge is -2.13. The van der Waals surface area contributed by atoms with Crippen molar-refractivity contribution >= 4 is 28.4 Å². The highest BCUT2D eigenvalue weighted by Gasteiger charge is 2.14. The van der Waals surface area contributed by atoms with Crippen molar-refractivity contribution in [2.45, 2.75) is 19.3 Å². The fraction of sp³-hybridized carbons (Fsp3) is 0.148. The van der Waals surface area contributed by atoms with E-state index in [0.717, 1.165) is 6.42 Å². The maximum absolute atomic E-state index is 12.8. The maximum atomic E-state index is 12.8. The molecule has 0 saturated carbocycles. The van der Waals surface area contributed by atoms with Crippen LogP contribution in [0.1, 0.15) is 40.9 Å². The van der Waals surface area contributed by atoms with Gasteiger partial charge in [0.25, 0.3) is 5.91 Å². The average molecular weight is 471 g/mol. The van der Waals surface area contributed by atoms with Gasteiger partial charge in [0.15, 0.2) is 22.6 Å². The fourth-order valence-corrected chi connectivity index (χ4v) is 3.66. The van der Waals surface area contributed by atoms with Gasteiger partial charge in [-0.15, -0.1) is 0 Å². The van der Waals surface area contributed by atoms with Crippen molar-refractivity contribution in [3.8, 4) is 5.75 Å². The minimum Gasteiger partial charge on any atom is -0.494 e. The molecule has 0 aliphatic rings. The zero-order valence-electron chi connectivity index (χ0n) is 19.2. The van der Waals surface area contributed by atoms with Crippen molar-refractivity contribution in [3.63, 3.8) is 0 Å². The van der Waals surface area contributed by atoms with Crippen LogP contribution in [0.2, 0.25) is 0 Å². The minimum atomic E-state index is -0.365. The number of nitrogens with zero attached hydrogens (tertiary/aromatic N) is 1. The van der Waals surface area contributed by atoms with E-state index in [1.807, 2.05) is 18.2 Å². The topological polar surface area (TPSA) is 133 Å². The molecular weight excluding hydrogens is 444 g/mol. The van der Waals surface area contributed by atoms with Crippen LogP contribution in [0, 0.1) is 0 Å². The Kier molecular flexibility index (Phi) is 7.11. The fourth-order valence-electron chi connectivity index (χ4n) is 3.66. The summed E-state index contributed by atoms with van der Waals surface area (Å²) in [6, 6.07) is 23.2. The quantitative estimate of drug-likeness (QED) is 0.153. The first kappa shape index (κ1) is 23.6. The molecule has 0 spiro atoms. The molecule has 0 aliphatic carbocycles. The lowest BCUT2D eigenvalue weighted by Crippen LogP contribution is -2.18. The number of amides is 1. The van der Waals surface area contributed by atoms with Crippen LogP contribution in [0.4, 0.5) is 5.69 Å². The standard InChI is InChI=1S/C27H26N4O4/c1-17(18-6-3-2-4-7-18)14-15-34-20-12-10-19(11-13-20)27(33)30-22-9-5-8-21-23(32)16-24(26(28)31-29)35-25(21)22/h2-13,16-17H,14-15,29H2,1H3,(H2,28,31)(H,30,33). The Morgan fingerprint density at radius 3 is 2.51 bits per heavy atom. The van der Waals surface area contributed by atoms with Gasteiger partial charge in [0, 0.05) is 11.6 Å². The molecule has 178 valence electrons. The van der Waals surface area contributed by atoms with Crippen molar-refractivity contribution in [2.24, 2.45) is 16.7 Å². The van der Waals surface area contributed by atoms with Gasteiger partial charge in [0.1, 0.15) is 5.75 Å². The van der Waals surface area contributed by atoms with Crippen molar-refractivity contribution in [3.05, 3.63) is 106 Å². The molecular formula is C27H26N4O4. The molecule has 1 unspecified atom stereocenters. The Labute approximate surface area is 202 Å². The number of fused-ring (bicyclic) bond motifs is 1. The van der Waals surface area contributed by atoms with Crippen LogP contribution in [-0.2, 0) is 0 Å². The van der Waals surface area contributed by atoms with Crippen LogP contribution >= 0.6 is 0 Å². The molecule has 1 aromatic heterocycles. The van der Waals surface area contributed by atoms with Crippen LogP contribution in [0.25, 0.3) is 11.0 Å². The number of hydrogen-bond acceptors (Lipinski definition) is 6. The SMILES string of the molecule is CC(CCOc1ccc(C(=O)Nc2cccc3c(=O)cc(C(N)=NN)oc23)cc1)c1ccccc1. The van der Waals surface area contributed by atoms with Gasteiger partial charge in [0.2, 0.25) is 0 Å². The molecule has 4 rings (SSSR count). The normalized spacial score (nSPS) is 12.3. The number of benzene rings is 3. The van der Waals surface area contributed by atoms with Crippen molar-refractivity contribution in [1.29, 1.82) is 0 Å². The van der Waals surface area contributed by atoms with Gasteiger partial charge in [-0.2, -0.15) is 5.10 Å². The lowest BCUT2D eigenvalue weighted by atomic mass is 9.98. The van der Waals surface area contributed by atoms with Gasteiger partial charge in [-0.3, -0.25) is 9.59 Å². The Balaban J connectivity index is 1.43. The first-order valence-corrected chi connectivity index (χ1v) is 11.2. The van der Waals surface area contributed by atoms with Gasteiger partial charge in [-0.25, -0.2) is 0 Å². The molecule has 1 amide bonds.